The maximum Gasteiger partial charge on any atom is 0.0723 e. The van der Waals surface area contributed by atoms with Crippen LogP contribution in [0.4, 0.5) is 0 Å². The highest BCUT2D eigenvalue weighted by molar-refractivity contribution is 8.27. The monoisotopic (exact) mass is 518 g/mol. The Morgan fingerprint density at radius 2 is 0.607 bits per heavy atom. The molecule has 28 heavy (non-hydrogen) atoms. The van der Waals surface area contributed by atoms with E-state index in [9.17, 15) is 0 Å². The topological polar surface area (TPSA) is 0 Å². The number of fused-ring (bicyclic) bond motifs is 2. The third kappa shape index (κ3) is 3.57. The van der Waals surface area contributed by atoms with Gasteiger partial charge in [-0.25, -0.2) is 0 Å². The Bertz CT molecular complexity index is 664. The zero-order valence-corrected chi connectivity index (χ0v) is 27.1. The normalized spacial score (nSPS) is 21.6. The van der Waals surface area contributed by atoms with Crippen LogP contribution < -0.4 is 0 Å². The standard InChI is InChI=1S/C20H38S4Si4/c1-25(2,3)19(26(4,5)6)21-15-13-17-18(14-16(15)22-19)24-20(23-17,27(7,8)9)28(10,11)12/h13-14H,1-12H3. The molecule has 0 aliphatic carbocycles. The first kappa shape index (κ1) is 24.1. The van der Waals surface area contributed by atoms with Crippen LogP contribution in [0.3, 0.4) is 0 Å². The van der Waals surface area contributed by atoms with Crippen molar-refractivity contribution in [3.05, 3.63) is 12.1 Å². The van der Waals surface area contributed by atoms with Crippen LogP contribution in [0.2, 0.25) is 78.6 Å². The van der Waals surface area contributed by atoms with E-state index in [1.54, 1.807) is 19.6 Å². The Labute approximate surface area is 195 Å². The van der Waals surface area contributed by atoms with Gasteiger partial charge < -0.3 is 0 Å². The molecule has 2 aliphatic rings. The van der Waals surface area contributed by atoms with E-state index < -0.39 is 32.3 Å². The van der Waals surface area contributed by atoms with Gasteiger partial charge in [0.1, 0.15) is 0 Å². The average Bonchev–Trinajstić information content (AvgIpc) is 3.00. The molecule has 158 valence electrons. The molecular formula is C20H38S4Si4. The molecule has 0 nitrogen and oxygen atoms in total. The Hall–Kier alpha value is 1.49. The van der Waals surface area contributed by atoms with Crippen LogP contribution in [0, 0.1) is 0 Å². The van der Waals surface area contributed by atoms with Gasteiger partial charge in [-0.1, -0.05) is 78.6 Å². The van der Waals surface area contributed by atoms with Crippen molar-refractivity contribution in [1.29, 1.82) is 0 Å². The summed E-state index contributed by atoms with van der Waals surface area (Å²) < 4.78 is 0.892. The Kier molecular flexibility index (Phi) is 6.03. The molecule has 0 aromatic heterocycles. The first-order valence-corrected chi connectivity index (χ1v) is 27.6. The summed E-state index contributed by atoms with van der Waals surface area (Å²) in [5.74, 6) is 0. The van der Waals surface area contributed by atoms with Crippen LogP contribution in [0.15, 0.2) is 31.7 Å². The lowest BCUT2D eigenvalue weighted by Gasteiger charge is -2.48. The fourth-order valence-corrected chi connectivity index (χ4v) is 40.1. The van der Waals surface area contributed by atoms with E-state index in [1.807, 2.05) is 0 Å². The lowest BCUT2D eigenvalue weighted by molar-refractivity contribution is 1.11. The Morgan fingerprint density at radius 1 is 0.429 bits per heavy atom. The van der Waals surface area contributed by atoms with E-state index in [0.29, 0.717) is 6.65 Å². The molecule has 0 saturated heterocycles. The van der Waals surface area contributed by atoms with Gasteiger partial charge in [0, 0.05) is 19.6 Å². The first-order valence-electron chi connectivity index (χ1n) is 10.3. The Morgan fingerprint density at radius 3 is 0.750 bits per heavy atom. The third-order valence-electron chi connectivity index (χ3n) is 5.97. The molecule has 1 aromatic carbocycles. The van der Waals surface area contributed by atoms with Gasteiger partial charge in [-0.05, 0) is 12.1 Å². The van der Waals surface area contributed by atoms with Gasteiger partial charge in [0.15, 0.2) is 0 Å². The van der Waals surface area contributed by atoms with Gasteiger partial charge in [0.25, 0.3) is 0 Å². The molecule has 0 spiro atoms. The minimum absolute atomic E-state index is 0.446. The highest BCUT2D eigenvalue weighted by atomic mass is 32.2. The van der Waals surface area contributed by atoms with Gasteiger partial charge in [-0.2, -0.15) is 0 Å². The summed E-state index contributed by atoms with van der Waals surface area (Å²) in [6.07, 6.45) is 0. The number of benzene rings is 1. The molecule has 2 heterocycles. The number of thioether (sulfide) groups is 4. The predicted octanol–water partition coefficient (Wildman–Crippen LogP) is 8.98. The van der Waals surface area contributed by atoms with E-state index in [2.05, 4.69) is 138 Å². The van der Waals surface area contributed by atoms with Crippen molar-refractivity contribution >= 4 is 79.3 Å². The summed E-state index contributed by atoms with van der Waals surface area (Å²) in [4.78, 5) is 6.35. The van der Waals surface area contributed by atoms with Crippen LogP contribution in [-0.2, 0) is 0 Å². The molecule has 0 amide bonds. The van der Waals surface area contributed by atoms with E-state index >= 15 is 0 Å². The molecule has 1 aromatic rings. The van der Waals surface area contributed by atoms with Crippen LogP contribution >= 0.6 is 47.0 Å². The van der Waals surface area contributed by atoms with Crippen molar-refractivity contribution in [3.8, 4) is 0 Å². The van der Waals surface area contributed by atoms with E-state index in [1.165, 1.54) is 0 Å². The lowest BCUT2D eigenvalue weighted by Crippen LogP contribution is -2.61. The third-order valence-corrected chi connectivity index (χ3v) is 44.7. The second-order valence-corrected chi connectivity index (χ2v) is 42.8. The van der Waals surface area contributed by atoms with Gasteiger partial charge in [0.2, 0.25) is 0 Å². The SMILES string of the molecule is C[Si](C)(C)C1([Si](C)(C)C)Sc2cc3c(cc2S1)SC([Si](C)(C)C)([Si](C)(C)C)S3. The smallest absolute Gasteiger partial charge is 0.0723 e. The van der Waals surface area contributed by atoms with Crippen molar-refractivity contribution in [2.24, 2.45) is 0 Å². The quantitative estimate of drug-likeness (QED) is 0.364. The number of hydrogen-bond donors (Lipinski definition) is 0. The minimum atomic E-state index is -1.33. The molecule has 0 saturated carbocycles. The zero-order valence-electron chi connectivity index (χ0n) is 19.8. The zero-order chi connectivity index (χ0) is 21.6. The van der Waals surface area contributed by atoms with Gasteiger partial charge in [0.05, 0.1) is 38.9 Å². The van der Waals surface area contributed by atoms with Crippen molar-refractivity contribution < 1.29 is 0 Å². The highest BCUT2D eigenvalue weighted by Crippen LogP contribution is 2.68. The first-order chi connectivity index (χ1) is 12.3. The average molecular weight is 519 g/mol. The summed E-state index contributed by atoms with van der Waals surface area (Å²) in [5.41, 5.74) is 0. The van der Waals surface area contributed by atoms with E-state index in [4.69, 9.17) is 0 Å². The fraction of sp³-hybridized carbons (Fsp3) is 0.700. The second-order valence-electron chi connectivity index (χ2n) is 12.4. The van der Waals surface area contributed by atoms with Crippen LogP contribution in [0.5, 0.6) is 0 Å². The number of hydrogen-bond acceptors (Lipinski definition) is 4. The van der Waals surface area contributed by atoms with Gasteiger partial charge >= 0.3 is 0 Å². The van der Waals surface area contributed by atoms with Crippen LogP contribution in [-0.4, -0.2) is 38.9 Å². The van der Waals surface area contributed by atoms with Crippen molar-refractivity contribution in [2.75, 3.05) is 0 Å². The predicted molar refractivity (Wildman–Crippen MR) is 149 cm³/mol. The molecule has 0 N–H and O–H groups in total. The van der Waals surface area contributed by atoms with Gasteiger partial charge in [-0.15, -0.1) is 47.0 Å². The molecule has 0 bridgehead atoms. The summed E-state index contributed by atoms with van der Waals surface area (Å²) in [5, 5.41) is 0. The molecule has 0 unspecified atom stereocenters. The molecule has 0 atom stereocenters. The van der Waals surface area contributed by atoms with Crippen molar-refractivity contribution in [1.82, 2.24) is 0 Å². The summed E-state index contributed by atoms with van der Waals surface area (Å²) in [6.45, 7) is 31.1. The number of rotatable bonds is 4. The van der Waals surface area contributed by atoms with Crippen molar-refractivity contribution in [2.45, 2.75) is 105 Å². The van der Waals surface area contributed by atoms with Crippen LogP contribution in [0.25, 0.3) is 0 Å². The maximum atomic E-state index is 2.60. The summed E-state index contributed by atoms with van der Waals surface area (Å²) in [6, 6.07) is 5.20. The Balaban J connectivity index is 2.05. The van der Waals surface area contributed by atoms with E-state index in [0.717, 1.165) is 0 Å². The summed E-state index contributed by atoms with van der Waals surface area (Å²) >= 11 is 9.06. The largest absolute Gasteiger partial charge is 0.114 e. The summed E-state index contributed by atoms with van der Waals surface area (Å²) in [7, 11) is -5.34. The molecular weight excluding hydrogens is 481 g/mol. The molecule has 0 radical (unpaired) electrons. The van der Waals surface area contributed by atoms with Crippen LogP contribution in [0.1, 0.15) is 0 Å². The van der Waals surface area contributed by atoms with E-state index in [-0.39, 0.29) is 0 Å². The fourth-order valence-electron chi connectivity index (χ4n) is 4.98. The maximum absolute atomic E-state index is 2.60. The lowest BCUT2D eigenvalue weighted by atomic mass is 10.3. The van der Waals surface area contributed by atoms with Crippen molar-refractivity contribution in [3.63, 3.8) is 0 Å². The highest BCUT2D eigenvalue weighted by Gasteiger charge is 2.60. The molecule has 8 heteroatoms. The van der Waals surface area contributed by atoms with Gasteiger partial charge in [-0.3, -0.25) is 0 Å². The molecule has 3 rings (SSSR count). The second kappa shape index (κ2) is 6.99. The molecule has 2 aliphatic heterocycles. The molecule has 0 fully saturated rings. The minimum Gasteiger partial charge on any atom is -0.114 e.